The highest BCUT2D eigenvalue weighted by Gasteiger charge is 2.39. The number of piperidine rings is 2. The fourth-order valence-corrected chi connectivity index (χ4v) is 4.61. The van der Waals surface area contributed by atoms with Crippen LogP contribution < -0.4 is 5.32 Å². The molecule has 0 aliphatic carbocycles. The second kappa shape index (κ2) is 6.92. The number of nitrogens with zero attached hydrogens (tertiary/aromatic N) is 2. The van der Waals surface area contributed by atoms with E-state index in [-0.39, 0.29) is 30.2 Å². The van der Waals surface area contributed by atoms with Crippen molar-refractivity contribution in [1.82, 2.24) is 15.1 Å². The minimum Gasteiger partial charge on any atom is -0.465 e. The third kappa shape index (κ3) is 3.12. The maximum Gasteiger partial charge on any atom is 0.407 e. The predicted octanol–water partition coefficient (Wildman–Crippen LogP) is 1.69. The van der Waals surface area contributed by atoms with Crippen LogP contribution in [0, 0.1) is 0 Å². The first-order valence-electron chi connectivity index (χ1n) is 9.62. The standard InChI is InChI=1S/C20H23N3O5/c1-11-8-13(6-7-22(11)20(27)28)12-2-3-15-14(9-12)10-23(19(15)26)16-4-5-17(24)21-18(16)25/h2-3,9,11,13,16H,4-8,10H2,1H3,(H,27,28)(H,21,24,25). The van der Waals surface area contributed by atoms with Crippen LogP contribution in [0.4, 0.5) is 4.79 Å². The number of amides is 4. The summed E-state index contributed by atoms with van der Waals surface area (Å²) in [6.45, 7) is 2.78. The van der Waals surface area contributed by atoms with E-state index >= 15 is 0 Å². The Labute approximate surface area is 162 Å². The van der Waals surface area contributed by atoms with Crippen LogP contribution in [0.1, 0.15) is 60.0 Å². The Kier molecular flexibility index (Phi) is 4.56. The van der Waals surface area contributed by atoms with Crippen molar-refractivity contribution in [2.75, 3.05) is 6.54 Å². The van der Waals surface area contributed by atoms with Crippen LogP contribution in [0.5, 0.6) is 0 Å². The molecular weight excluding hydrogens is 362 g/mol. The lowest BCUT2D eigenvalue weighted by molar-refractivity contribution is -0.136. The zero-order valence-corrected chi connectivity index (χ0v) is 15.7. The molecule has 1 aromatic carbocycles. The van der Waals surface area contributed by atoms with Gasteiger partial charge in [-0.05, 0) is 49.3 Å². The van der Waals surface area contributed by atoms with Crippen LogP contribution in [0.2, 0.25) is 0 Å². The van der Waals surface area contributed by atoms with Crippen molar-refractivity contribution < 1.29 is 24.3 Å². The molecule has 8 nitrogen and oxygen atoms in total. The van der Waals surface area contributed by atoms with Gasteiger partial charge in [0, 0.05) is 31.1 Å². The molecule has 3 aliphatic heterocycles. The summed E-state index contributed by atoms with van der Waals surface area (Å²) in [5.41, 5.74) is 2.60. The number of benzene rings is 1. The van der Waals surface area contributed by atoms with Crippen molar-refractivity contribution in [3.8, 4) is 0 Å². The molecule has 3 unspecified atom stereocenters. The van der Waals surface area contributed by atoms with E-state index < -0.39 is 18.0 Å². The summed E-state index contributed by atoms with van der Waals surface area (Å²) in [5.74, 6) is -0.636. The summed E-state index contributed by atoms with van der Waals surface area (Å²) in [7, 11) is 0. The molecular formula is C20H23N3O5. The van der Waals surface area contributed by atoms with Crippen molar-refractivity contribution in [3.63, 3.8) is 0 Å². The molecule has 3 heterocycles. The minimum atomic E-state index is -0.884. The van der Waals surface area contributed by atoms with Crippen LogP contribution in [0.3, 0.4) is 0 Å². The largest absolute Gasteiger partial charge is 0.465 e. The molecule has 2 fully saturated rings. The number of carbonyl (C=O) groups is 4. The van der Waals surface area contributed by atoms with Gasteiger partial charge in [0.2, 0.25) is 11.8 Å². The molecule has 3 atom stereocenters. The summed E-state index contributed by atoms with van der Waals surface area (Å²) >= 11 is 0. The van der Waals surface area contributed by atoms with Gasteiger partial charge in [0.25, 0.3) is 5.91 Å². The van der Waals surface area contributed by atoms with E-state index in [1.165, 1.54) is 4.90 Å². The summed E-state index contributed by atoms with van der Waals surface area (Å²) in [6, 6.07) is 5.12. The van der Waals surface area contributed by atoms with Crippen molar-refractivity contribution in [1.29, 1.82) is 0 Å². The van der Waals surface area contributed by atoms with Gasteiger partial charge in [-0.1, -0.05) is 12.1 Å². The minimum absolute atomic E-state index is 0.0499. The maximum atomic E-state index is 12.8. The number of rotatable bonds is 2. The van der Waals surface area contributed by atoms with Crippen molar-refractivity contribution in [3.05, 3.63) is 34.9 Å². The molecule has 2 N–H and O–H groups in total. The van der Waals surface area contributed by atoms with Gasteiger partial charge < -0.3 is 14.9 Å². The lowest BCUT2D eigenvalue weighted by Gasteiger charge is -2.36. The molecule has 0 bridgehead atoms. The normalized spacial score (nSPS) is 27.6. The molecule has 4 amide bonds. The zero-order chi connectivity index (χ0) is 20.0. The van der Waals surface area contributed by atoms with Gasteiger partial charge in [-0.15, -0.1) is 0 Å². The van der Waals surface area contributed by atoms with Crippen LogP contribution in [-0.4, -0.2) is 57.3 Å². The molecule has 0 saturated carbocycles. The Bertz CT molecular complexity index is 867. The van der Waals surface area contributed by atoms with Gasteiger partial charge in [0.05, 0.1) is 0 Å². The lowest BCUT2D eigenvalue weighted by atomic mass is 9.85. The molecule has 2 saturated heterocycles. The Balaban J connectivity index is 1.51. The molecule has 0 radical (unpaired) electrons. The van der Waals surface area contributed by atoms with E-state index in [1.54, 1.807) is 4.90 Å². The second-order valence-electron chi connectivity index (χ2n) is 7.86. The van der Waals surface area contributed by atoms with Crippen molar-refractivity contribution in [2.24, 2.45) is 0 Å². The summed E-state index contributed by atoms with van der Waals surface area (Å²) in [6.07, 6.45) is 1.20. The quantitative estimate of drug-likeness (QED) is 0.754. The molecule has 148 valence electrons. The highest BCUT2D eigenvalue weighted by molar-refractivity contribution is 6.05. The summed E-state index contributed by atoms with van der Waals surface area (Å²) in [5, 5.41) is 11.6. The topological polar surface area (TPSA) is 107 Å². The van der Waals surface area contributed by atoms with E-state index in [0.717, 1.165) is 24.0 Å². The van der Waals surface area contributed by atoms with Crippen LogP contribution in [0.25, 0.3) is 0 Å². The first-order valence-corrected chi connectivity index (χ1v) is 9.62. The molecule has 0 aromatic heterocycles. The van der Waals surface area contributed by atoms with E-state index in [1.807, 2.05) is 25.1 Å². The van der Waals surface area contributed by atoms with Crippen LogP contribution >= 0.6 is 0 Å². The third-order valence-electron chi connectivity index (χ3n) is 6.14. The van der Waals surface area contributed by atoms with Gasteiger partial charge >= 0.3 is 6.09 Å². The summed E-state index contributed by atoms with van der Waals surface area (Å²) < 4.78 is 0. The molecule has 8 heteroatoms. The van der Waals surface area contributed by atoms with E-state index in [9.17, 15) is 24.3 Å². The molecule has 4 rings (SSSR count). The molecule has 1 aromatic rings. The number of carbonyl (C=O) groups excluding carboxylic acids is 3. The van der Waals surface area contributed by atoms with E-state index in [4.69, 9.17) is 0 Å². The fraction of sp³-hybridized carbons (Fsp3) is 0.500. The number of fused-ring (bicyclic) bond motifs is 1. The number of carboxylic acid groups (broad SMARTS) is 1. The van der Waals surface area contributed by atoms with Gasteiger partial charge in [0.15, 0.2) is 0 Å². The van der Waals surface area contributed by atoms with Crippen molar-refractivity contribution in [2.45, 2.75) is 57.2 Å². The maximum absolute atomic E-state index is 12.8. The Morgan fingerprint density at radius 3 is 2.68 bits per heavy atom. The number of likely N-dealkylation sites (tertiary alicyclic amines) is 1. The average Bonchev–Trinajstić information content (AvgIpc) is 2.97. The highest BCUT2D eigenvalue weighted by Crippen LogP contribution is 2.35. The Morgan fingerprint density at radius 1 is 1.21 bits per heavy atom. The smallest absolute Gasteiger partial charge is 0.407 e. The first kappa shape index (κ1) is 18.5. The molecule has 3 aliphatic rings. The predicted molar refractivity (Wildman–Crippen MR) is 98.7 cm³/mol. The fourth-order valence-electron chi connectivity index (χ4n) is 4.61. The van der Waals surface area contributed by atoms with Crippen molar-refractivity contribution >= 4 is 23.8 Å². The average molecular weight is 385 g/mol. The second-order valence-corrected chi connectivity index (χ2v) is 7.86. The van der Waals surface area contributed by atoms with Gasteiger partial charge in [0.1, 0.15) is 6.04 Å². The Hall–Kier alpha value is -2.90. The SMILES string of the molecule is CC1CC(c2ccc3c(c2)CN(C2CCC(=O)NC2=O)C3=O)CCN1C(=O)O. The van der Waals surface area contributed by atoms with Gasteiger partial charge in [-0.2, -0.15) is 0 Å². The number of hydrogen-bond acceptors (Lipinski definition) is 4. The van der Waals surface area contributed by atoms with E-state index in [0.29, 0.717) is 25.1 Å². The van der Waals surface area contributed by atoms with E-state index in [2.05, 4.69) is 5.32 Å². The van der Waals surface area contributed by atoms with Gasteiger partial charge in [-0.25, -0.2) is 4.79 Å². The molecule has 0 spiro atoms. The monoisotopic (exact) mass is 385 g/mol. The van der Waals surface area contributed by atoms with Gasteiger partial charge in [-0.3, -0.25) is 19.7 Å². The number of hydrogen-bond donors (Lipinski definition) is 2. The Morgan fingerprint density at radius 2 is 2.00 bits per heavy atom. The van der Waals surface area contributed by atoms with Crippen LogP contribution in [-0.2, 0) is 16.1 Å². The number of imide groups is 1. The number of nitrogens with one attached hydrogen (secondary N) is 1. The lowest BCUT2D eigenvalue weighted by Crippen LogP contribution is -2.52. The molecule has 28 heavy (non-hydrogen) atoms. The zero-order valence-electron chi connectivity index (χ0n) is 15.7. The first-order chi connectivity index (χ1) is 13.3. The highest BCUT2D eigenvalue weighted by atomic mass is 16.4. The third-order valence-corrected chi connectivity index (χ3v) is 6.14. The summed E-state index contributed by atoms with van der Waals surface area (Å²) in [4.78, 5) is 50.6. The van der Waals surface area contributed by atoms with Crippen LogP contribution in [0.15, 0.2) is 18.2 Å².